The van der Waals surface area contributed by atoms with Crippen molar-refractivity contribution >= 4 is 0 Å². The lowest BCUT2D eigenvalue weighted by molar-refractivity contribution is 0.0946. The summed E-state index contributed by atoms with van der Waals surface area (Å²) in [5.74, 6) is 1.35. The number of aliphatic hydroxyl groups is 1. The molecule has 1 fully saturated rings. The van der Waals surface area contributed by atoms with E-state index in [2.05, 4.69) is 12.2 Å². The first-order valence-corrected chi connectivity index (χ1v) is 7.35. The molecule has 1 aromatic carbocycles. The number of benzene rings is 1. The number of rotatable bonds is 7. The van der Waals surface area contributed by atoms with Gasteiger partial charge in [-0.2, -0.15) is 0 Å². The number of aliphatic hydroxyl groups excluding tert-OH is 1. The van der Waals surface area contributed by atoms with Crippen molar-refractivity contribution in [2.24, 2.45) is 5.92 Å². The fraction of sp³-hybridized carbons (Fsp3) is 0.625. The van der Waals surface area contributed by atoms with E-state index in [1.54, 1.807) is 0 Å². The molecule has 2 rings (SSSR count). The van der Waals surface area contributed by atoms with E-state index in [0.717, 1.165) is 25.3 Å². The van der Waals surface area contributed by atoms with Gasteiger partial charge in [-0.05, 0) is 38.3 Å². The monoisotopic (exact) mass is 279 g/mol. The van der Waals surface area contributed by atoms with Gasteiger partial charge in [0.25, 0.3) is 0 Å². The summed E-state index contributed by atoms with van der Waals surface area (Å²) in [6.07, 6.45) is 0.932. The van der Waals surface area contributed by atoms with Gasteiger partial charge >= 0.3 is 0 Å². The predicted molar refractivity (Wildman–Crippen MR) is 79.1 cm³/mol. The van der Waals surface area contributed by atoms with E-state index in [1.807, 2.05) is 31.2 Å². The van der Waals surface area contributed by atoms with Gasteiger partial charge in [0, 0.05) is 19.7 Å². The number of hydrogen-bond donors (Lipinski definition) is 2. The quantitative estimate of drug-likeness (QED) is 0.798. The van der Waals surface area contributed by atoms with Crippen LogP contribution in [0.15, 0.2) is 24.3 Å². The third kappa shape index (κ3) is 4.78. The van der Waals surface area contributed by atoms with Crippen molar-refractivity contribution in [3.05, 3.63) is 29.8 Å². The van der Waals surface area contributed by atoms with E-state index < -0.39 is 6.10 Å². The third-order valence-electron chi connectivity index (χ3n) is 3.78. The molecule has 4 nitrogen and oxygen atoms in total. The lowest BCUT2D eigenvalue weighted by Gasteiger charge is -2.17. The van der Waals surface area contributed by atoms with Crippen molar-refractivity contribution < 1.29 is 14.6 Å². The maximum Gasteiger partial charge on any atom is 0.119 e. The van der Waals surface area contributed by atoms with Gasteiger partial charge in [0.05, 0.1) is 6.10 Å². The maximum absolute atomic E-state index is 9.89. The fourth-order valence-corrected chi connectivity index (χ4v) is 2.37. The smallest absolute Gasteiger partial charge is 0.119 e. The predicted octanol–water partition coefficient (Wildman–Crippen LogP) is 1.75. The van der Waals surface area contributed by atoms with Crippen LogP contribution in [0.25, 0.3) is 0 Å². The summed E-state index contributed by atoms with van der Waals surface area (Å²) < 4.78 is 11.1. The van der Waals surface area contributed by atoms with Crippen molar-refractivity contribution in [1.82, 2.24) is 5.32 Å². The lowest BCUT2D eigenvalue weighted by atomic mass is 10.0. The van der Waals surface area contributed by atoms with Crippen LogP contribution in [0.5, 0.6) is 5.75 Å². The van der Waals surface area contributed by atoms with Crippen LogP contribution < -0.4 is 10.1 Å². The summed E-state index contributed by atoms with van der Waals surface area (Å²) in [6.45, 7) is 6.75. The standard InChI is InChI=1S/C16H25NO3/c1-12-3-5-16(6-4-12)20-11-15(18)10-17-9-14-7-8-19-13(14)2/h3-6,13-15,17-18H,7-11H2,1-2H3. The average molecular weight is 279 g/mol. The first-order valence-electron chi connectivity index (χ1n) is 7.35. The number of hydrogen-bond acceptors (Lipinski definition) is 4. The molecule has 0 spiro atoms. The zero-order chi connectivity index (χ0) is 14.4. The summed E-state index contributed by atoms with van der Waals surface area (Å²) in [5, 5.41) is 13.2. The second-order valence-corrected chi connectivity index (χ2v) is 5.56. The van der Waals surface area contributed by atoms with Gasteiger partial charge in [-0.3, -0.25) is 0 Å². The number of ether oxygens (including phenoxy) is 2. The van der Waals surface area contributed by atoms with E-state index in [1.165, 1.54) is 5.56 Å². The molecule has 112 valence electrons. The zero-order valence-electron chi connectivity index (χ0n) is 12.3. The molecule has 0 bridgehead atoms. The maximum atomic E-state index is 9.89. The van der Waals surface area contributed by atoms with Crippen molar-refractivity contribution in [3.63, 3.8) is 0 Å². The van der Waals surface area contributed by atoms with E-state index >= 15 is 0 Å². The van der Waals surface area contributed by atoms with Crippen molar-refractivity contribution in [3.8, 4) is 5.75 Å². The molecule has 1 saturated heterocycles. The van der Waals surface area contributed by atoms with Crippen LogP contribution in [0.4, 0.5) is 0 Å². The normalized spacial score (nSPS) is 23.8. The van der Waals surface area contributed by atoms with E-state index in [0.29, 0.717) is 25.2 Å². The van der Waals surface area contributed by atoms with Crippen LogP contribution in [-0.2, 0) is 4.74 Å². The minimum Gasteiger partial charge on any atom is -0.491 e. The molecule has 3 unspecified atom stereocenters. The van der Waals surface area contributed by atoms with Crippen LogP contribution in [-0.4, -0.2) is 43.6 Å². The topological polar surface area (TPSA) is 50.7 Å². The minimum atomic E-state index is -0.492. The van der Waals surface area contributed by atoms with Crippen molar-refractivity contribution in [2.75, 3.05) is 26.3 Å². The number of aryl methyl sites for hydroxylation is 1. The molecular formula is C16H25NO3. The van der Waals surface area contributed by atoms with Crippen molar-refractivity contribution in [2.45, 2.75) is 32.5 Å². The highest BCUT2D eigenvalue weighted by molar-refractivity contribution is 5.26. The Hall–Kier alpha value is -1.10. The average Bonchev–Trinajstić information content (AvgIpc) is 2.84. The second-order valence-electron chi connectivity index (χ2n) is 5.56. The molecule has 0 amide bonds. The summed E-state index contributed by atoms with van der Waals surface area (Å²) in [6, 6.07) is 7.85. The third-order valence-corrected chi connectivity index (χ3v) is 3.78. The Morgan fingerprint density at radius 2 is 2.15 bits per heavy atom. The Labute approximate surface area is 121 Å². The Morgan fingerprint density at radius 1 is 1.40 bits per heavy atom. The summed E-state index contributed by atoms with van der Waals surface area (Å²) >= 11 is 0. The van der Waals surface area contributed by atoms with Gasteiger partial charge in [-0.25, -0.2) is 0 Å². The lowest BCUT2D eigenvalue weighted by Crippen LogP contribution is -2.35. The molecule has 0 aromatic heterocycles. The number of nitrogens with one attached hydrogen (secondary N) is 1. The van der Waals surface area contributed by atoms with Crippen LogP contribution in [0.3, 0.4) is 0 Å². The van der Waals surface area contributed by atoms with Gasteiger partial charge in [0.15, 0.2) is 0 Å². The highest BCUT2D eigenvalue weighted by Crippen LogP contribution is 2.19. The molecule has 1 aliphatic heterocycles. The molecular weight excluding hydrogens is 254 g/mol. The first kappa shape index (κ1) is 15.3. The molecule has 0 aliphatic carbocycles. The molecule has 0 saturated carbocycles. The molecule has 4 heteroatoms. The van der Waals surface area contributed by atoms with Gasteiger partial charge in [-0.15, -0.1) is 0 Å². The molecule has 20 heavy (non-hydrogen) atoms. The molecule has 2 N–H and O–H groups in total. The SMILES string of the molecule is Cc1ccc(OCC(O)CNCC2CCOC2C)cc1. The summed E-state index contributed by atoms with van der Waals surface area (Å²) in [4.78, 5) is 0. The van der Waals surface area contributed by atoms with Gasteiger partial charge < -0.3 is 19.9 Å². The van der Waals surface area contributed by atoms with Crippen molar-refractivity contribution in [1.29, 1.82) is 0 Å². The molecule has 1 aromatic rings. The Bertz CT molecular complexity index is 393. The van der Waals surface area contributed by atoms with E-state index in [4.69, 9.17) is 9.47 Å². The molecule has 1 heterocycles. The van der Waals surface area contributed by atoms with Gasteiger partial charge in [0.1, 0.15) is 18.5 Å². The first-order chi connectivity index (χ1) is 9.65. The Balaban J connectivity index is 1.60. The van der Waals surface area contributed by atoms with Crippen LogP contribution >= 0.6 is 0 Å². The van der Waals surface area contributed by atoms with Gasteiger partial charge in [0.2, 0.25) is 0 Å². The minimum absolute atomic E-state index is 0.312. The van der Waals surface area contributed by atoms with Crippen LogP contribution in [0, 0.1) is 12.8 Å². The summed E-state index contributed by atoms with van der Waals surface area (Å²) in [7, 11) is 0. The highest BCUT2D eigenvalue weighted by atomic mass is 16.5. The fourth-order valence-electron chi connectivity index (χ4n) is 2.37. The molecule has 1 aliphatic rings. The second kappa shape index (κ2) is 7.62. The molecule has 0 radical (unpaired) electrons. The summed E-state index contributed by atoms with van der Waals surface area (Å²) in [5.41, 5.74) is 1.20. The highest BCUT2D eigenvalue weighted by Gasteiger charge is 2.23. The Morgan fingerprint density at radius 3 is 2.80 bits per heavy atom. The van der Waals surface area contributed by atoms with E-state index in [-0.39, 0.29) is 0 Å². The van der Waals surface area contributed by atoms with E-state index in [9.17, 15) is 5.11 Å². The van der Waals surface area contributed by atoms with Crippen LogP contribution in [0.1, 0.15) is 18.9 Å². The largest absolute Gasteiger partial charge is 0.491 e. The molecule has 3 atom stereocenters. The van der Waals surface area contributed by atoms with Gasteiger partial charge in [-0.1, -0.05) is 17.7 Å². The Kier molecular flexibility index (Phi) is 5.83. The van der Waals surface area contributed by atoms with Crippen LogP contribution in [0.2, 0.25) is 0 Å². The zero-order valence-corrected chi connectivity index (χ0v) is 12.3.